The summed E-state index contributed by atoms with van der Waals surface area (Å²) in [6.07, 6.45) is 4.56. The van der Waals surface area contributed by atoms with Crippen molar-refractivity contribution in [1.82, 2.24) is 15.0 Å². The molecule has 3 aromatic rings. The molecule has 3 heteroatoms. The van der Waals surface area contributed by atoms with Gasteiger partial charge < -0.3 is 0 Å². The number of pyridine rings is 1. The Morgan fingerprint density at radius 2 is 1.67 bits per heavy atom. The highest BCUT2D eigenvalue weighted by Crippen LogP contribution is 2.27. The Kier molecular flexibility index (Phi) is 4.12. The Labute approximate surface area is 144 Å². The zero-order chi connectivity index (χ0) is 17.4. The number of nitrogens with zero attached hydrogens (tertiary/aromatic N) is 3. The molecule has 0 saturated heterocycles. The lowest BCUT2D eigenvalue weighted by atomic mass is 9.84. The molecule has 0 saturated carbocycles. The number of benzene rings is 1. The van der Waals surface area contributed by atoms with E-state index >= 15 is 0 Å². The van der Waals surface area contributed by atoms with E-state index in [-0.39, 0.29) is 10.8 Å². The summed E-state index contributed by atoms with van der Waals surface area (Å²) in [6.45, 7) is 11.0. The molecule has 2 heterocycles. The Bertz CT molecular complexity index is 846. The van der Waals surface area contributed by atoms with Crippen LogP contribution in [-0.4, -0.2) is 15.0 Å². The SMILES string of the molecule is CC(C)(C)c1ccc2nc(CC(C)(C)c3ccccn3)cnc2c1. The predicted octanol–water partition coefficient (Wildman–Crippen LogP) is 4.84. The van der Waals surface area contributed by atoms with Crippen molar-refractivity contribution in [3.8, 4) is 0 Å². The van der Waals surface area contributed by atoms with Gasteiger partial charge in [0, 0.05) is 29.9 Å². The lowest BCUT2D eigenvalue weighted by Gasteiger charge is -2.23. The minimum absolute atomic E-state index is 0.0744. The van der Waals surface area contributed by atoms with Gasteiger partial charge >= 0.3 is 0 Å². The van der Waals surface area contributed by atoms with Crippen molar-refractivity contribution < 1.29 is 0 Å². The third kappa shape index (κ3) is 3.45. The van der Waals surface area contributed by atoms with Crippen LogP contribution in [0, 0.1) is 0 Å². The Morgan fingerprint density at radius 3 is 2.33 bits per heavy atom. The second-order valence-electron chi connectivity index (χ2n) is 8.09. The second kappa shape index (κ2) is 5.97. The van der Waals surface area contributed by atoms with Crippen molar-refractivity contribution in [2.45, 2.75) is 51.9 Å². The van der Waals surface area contributed by atoms with E-state index in [0.717, 1.165) is 28.8 Å². The van der Waals surface area contributed by atoms with Crippen molar-refractivity contribution in [1.29, 1.82) is 0 Å². The van der Waals surface area contributed by atoms with Crippen LogP contribution < -0.4 is 0 Å². The zero-order valence-corrected chi connectivity index (χ0v) is 15.2. The topological polar surface area (TPSA) is 38.7 Å². The van der Waals surface area contributed by atoms with Crippen molar-refractivity contribution in [3.05, 3.63) is 65.7 Å². The fourth-order valence-corrected chi connectivity index (χ4v) is 2.91. The maximum Gasteiger partial charge on any atom is 0.0890 e. The molecule has 3 nitrogen and oxygen atoms in total. The van der Waals surface area contributed by atoms with Gasteiger partial charge in [0.05, 0.1) is 16.7 Å². The highest BCUT2D eigenvalue weighted by Gasteiger charge is 2.23. The smallest absolute Gasteiger partial charge is 0.0890 e. The van der Waals surface area contributed by atoms with E-state index in [1.165, 1.54) is 5.56 Å². The molecule has 0 unspecified atom stereocenters. The minimum atomic E-state index is -0.0744. The summed E-state index contributed by atoms with van der Waals surface area (Å²) >= 11 is 0. The van der Waals surface area contributed by atoms with E-state index in [0.29, 0.717) is 0 Å². The van der Waals surface area contributed by atoms with Crippen LogP contribution >= 0.6 is 0 Å². The Hall–Kier alpha value is -2.29. The van der Waals surface area contributed by atoms with Crippen LogP contribution in [0.5, 0.6) is 0 Å². The van der Waals surface area contributed by atoms with Gasteiger partial charge in [-0.3, -0.25) is 9.97 Å². The molecule has 0 aliphatic carbocycles. The maximum absolute atomic E-state index is 4.82. The van der Waals surface area contributed by atoms with E-state index in [1.807, 2.05) is 24.5 Å². The molecule has 2 aromatic heterocycles. The summed E-state index contributed by atoms with van der Waals surface area (Å²) in [4.78, 5) is 14.0. The van der Waals surface area contributed by atoms with Crippen LogP contribution in [0.4, 0.5) is 0 Å². The van der Waals surface area contributed by atoms with Crippen molar-refractivity contribution in [3.63, 3.8) is 0 Å². The van der Waals surface area contributed by atoms with Crippen molar-refractivity contribution >= 4 is 11.0 Å². The fourth-order valence-electron chi connectivity index (χ4n) is 2.91. The average Bonchev–Trinajstić information content (AvgIpc) is 2.54. The van der Waals surface area contributed by atoms with E-state index in [2.05, 4.69) is 68.9 Å². The highest BCUT2D eigenvalue weighted by molar-refractivity contribution is 5.75. The number of hydrogen-bond acceptors (Lipinski definition) is 3. The monoisotopic (exact) mass is 319 g/mol. The lowest BCUT2D eigenvalue weighted by molar-refractivity contribution is 0.499. The molecule has 0 spiro atoms. The number of aromatic nitrogens is 3. The number of fused-ring (bicyclic) bond motifs is 1. The first-order chi connectivity index (χ1) is 11.3. The molecule has 0 radical (unpaired) electrons. The minimum Gasteiger partial charge on any atom is -0.261 e. The summed E-state index contributed by atoms with van der Waals surface area (Å²) in [5, 5.41) is 0. The normalized spacial score (nSPS) is 12.5. The molecule has 0 bridgehead atoms. The van der Waals surface area contributed by atoms with Crippen LogP contribution in [0.2, 0.25) is 0 Å². The predicted molar refractivity (Wildman–Crippen MR) is 99.2 cm³/mol. The average molecular weight is 319 g/mol. The maximum atomic E-state index is 4.82. The summed E-state index contributed by atoms with van der Waals surface area (Å²) in [5.41, 5.74) is 5.33. The molecular formula is C21H25N3. The van der Waals surface area contributed by atoms with Gasteiger partial charge in [-0.25, -0.2) is 4.98 Å². The molecule has 0 N–H and O–H groups in total. The van der Waals surface area contributed by atoms with Crippen LogP contribution in [0.25, 0.3) is 11.0 Å². The molecule has 1 aromatic carbocycles. The van der Waals surface area contributed by atoms with E-state index in [9.17, 15) is 0 Å². The van der Waals surface area contributed by atoms with Gasteiger partial charge in [0.2, 0.25) is 0 Å². The highest BCUT2D eigenvalue weighted by atomic mass is 14.8. The van der Waals surface area contributed by atoms with Crippen LogP contribution in [-0.2, 0) is 17.3 Å². The van der Waals surface area contributed by atoms with Crippen LogP contribution in [0.15, 0.2) is 48.8 Å². The molecule has 0 aliphatic rings. The van der Waals surface area contributed by atoms with E-state index in [4.69, 9.17) is 4.98 Å². The zero-order valence-electron chi connectivity index (χ0n) is 15.2. The Morgan fingerprint density at radius 1 is 0.875 bits per heavy atom. The van der Waals surface area contributed by atoms with E-state index < -0.39 is 0 Å². The van der Waals surface area contributed by atoms with Gasteiger partial charge in [-0.2, -0.15) is 0 Å². The molecule has 0 atom stereocenters. The van der Waals surface area contributed by atoms with Crippen LogP contribution in [0.3, 0.4) is 0 Å². The van der Waals surface area contributed by atoms with Gasteiger partial charge in [-0.1, -0.05) is 46.8 Å². The molecule has 0 amide bonds. The Balaban J connectivity index is 1.91. The van der Waals surface area contributed by atoms with Gasteiger partial charge in [0.25, 0.3) is 0 Å². The quantitative estimate of drug-likeness (QED) is 0.693. The molecule has 3 rings (SSSR count). The largest absolute Gasteiger partial charge is 0.261 e. The third-order valence-electron chi connectivity index (χ3n) is 4.44. The molecular weight excluding hydrogens is 294 g/mol. The van der Waals surface area contributed by atoms with Crippen molar-refractivity contribution in [2.75, 3.05) is 0 Å². The van der Waals surface area contributed by atoms with Crippen LogP contribution in [0.1, 0.15) is 51.6 Å². The molecule has 124 valence electrons. The first-order valence-corrected chi connectivity index (χ1v) is 8.43. The fraction of sp³-hybridized carbons (Fsp3) is 0.381. The van der Waals surface area contributed by atoms with Gasteiger partial charge in [-0.15, -0.1) is 0 Å². The molecule has 0 fully saturated rings. The first-order valence-electron chi connectivity index (χ1n) is 8.43. The molecule has 0 aliphatic heterocycles. The van der Waals surface area contributed by atoms with Gasteiger partial charge in [0.15, 0.2) is 0 Å². The van der Waals surface area contributed by atoms with Crippen molar-refractivity contribution in [2.24, 2.45) is 0 Å². The standard InChI is InChI=1S/C21H25N3/c1-20(2,3)15-9-10-17-18(12-15)23-14-16(24-17)13-21(4,5)19-8-6-7-11-22-19/h6-12,14H,13H2,1-5H3. The first kappa shape index (κ1) is 16.6. The third-order valence-corrected chi connectivity index (χ3v) is 4.44. The summed E-state index contributed by atoms with van der Waals surface area (Å²) in [5.74, 6) is 0. The van der Waals surface area contributed by atoms with Gasteiger partial charge in [0.1, 0.15) is 0 Å². The lowest BCUT2D eigenvalue weighted by Crippen LogP contribution is -2.22. The summed E-state index contributed by atoms with van der Waals surface area (Å²) in [6, 6.07) is 12.4. The van der Waals surface area contributed by atoms with Gasteiger partial charge in [-0.05, 0) is 35.2 Å². The second-order valence-corrected chi connectivity index (χ2v) is 8.09. The molecule has 24 heavy (non-hydrogen) atoms. The number of rotatable bonds is 3. The van der Waals surface area contributed by atoms with E-state index in [1.54, 1.807) is 0 Å². The summed E-state index contributed by atoms with van der Waals surface area (Å²) < 4.78 is 0. The number of hydrogen-bond donors (Lipinski definition) is 0. The summed E-state index contributed by atoms with van der Waals surface area (Å²) in [7, 11) is 0.